The maximum Gasteiger partial charge on any atom is 0.386 e. The molecule has 1 unspecified atom stereocenters. The van der Waals surface area contributed by atoms with Crippen LogP contribution in [0, 0.1) is 4.91 Å². The summed E-state index contributed by atoms with van der Waals surface area (Å²) < 4.78 is 7.23. The Labute approximate surface area is 179 Å². The largest absolute Gasteiger partial charge is 0.870 e. The summed E-state index contributed by atoms with van der Waals surface area (Å²) in [5, 5.41) is 15.8. The molecular weight excluding hydrogens is 458 g/mol. The van der Waals surface area contributed by atoms with Crippen LogP contribution >= 0.6 is 27.7 Å². The predicted octanol–water partition coefficient (Wildman–Crippen LogP) is 4.95. The van der Waals surface area contributed by atoms with Gasteiger partial charge in [0.25, 0.3) is 0 Å². The summed E-state index contributed by atoms with van der Waals surface area (Å²) in [4.78, 5) is 14.3. The van der Waals surface area contributed by atoms with Crippen LogP contribution in [0.25, 0.3) is 11.3 Å². The smallest absolute Gasteiger partial charge is 0.386 e. The van der Waals surface area contributed by atoms with Crippen molar-refractivity contribution in [1.82, 2.24) is 10.2 Å². The lowest BCUT2D eigenvalue weighted by molar-refractivity contribution is -0.449. The monoisotopic (exact) mass is 475 g/mol. The molecule has 0 saturated heterocycles. The molecule has 1 aliphatic rings. The molecule has 1 aliphatic heterocycles. The number of nitrogens with one attached hydrogen (secondary N) is 2. The number of anilines is 1. The van der Waals surface area contributed by atoms with E-state index in [2.05, 4.69) is 48.5 Å². The molecule has 10 heteroatoms. The third-order valence-electron chi connectivity index (χ3n) is 4.18. The second-order valence-electron chi connectivity index (χ2n) is 6.17. The summed E-state index contributed by atoms with van der Waals surface area (Å²) in [7, 11) is 0. The van der Waals surface area contributed by atoms with Gasteiger partial charge in [-0.3, -0.25) is 0 Å². The van der Waals surface area contributed by atoms with Crippen LogP contribution in [-0.2, 0) is 0 Å². The van der Waals surface area contributed by atoms with Gasteiger partial charge in [-0.25, -0.2) is 0 Å². The highest BCUT2D eigenvalue weighted by molar-refractivity contribution is 9.10. The number of aromatic nitrogens is 3. The molecule has 2 aromatic carbocycles. The van der Waals surface area contributed by atoms with Crippen molar-refractivity contribution in [3.05, 3.63) is 57.4 Å². The minimum absolute atomic E-state index is 0. The van der Waals surface area contributed by atoms with E-state index in [-0.39, 0.29) is 5.48 Å². The van der Waals surface area contributed by atoms with Crippen molar-refractivity contribution in [3.8, 4) is 17.1 Å². The van der Waals surface area contributed by atoms with Crippen LogP contribution in [0.1, 0.15) is 25.1 Å². The molecule has 0 saturated carbocycles. The molecule has 29 heavy (non-hydrogen) atoms. The van der Waals surface area contributed by atoms with Gasteiger partial charge in [-0.2, -0.15) is 4.98 Å². The van der Waals surface area contributed by atoms with Gasteiger partial charge in [0.1, 0.15) is 5.69 Å². The average molecular weight is 476 g/mol. The van der Waals surface area contributed by atoms with Crippen molar-refractivity contribution in [2.75, 3.05) is 11.1 Å². The number of benzene rings is 2. The molecule has 4 rings (SSSR count). The summed E-state index contributed by atoms with van der Waals surface area (Å²) in [5.41, 5.74) is 3.34. The first-order valence-electron chi connectivity index (χ1n) is 8.77. The Morgan fingerprint density at radius 1 is 1.24 bits per heavy atom. The first-order chi connectivity index (χ1) is 13.7. The van der Waals surface area contributed by atoms with E-state index in [1.54, 1.807) is 30.0 Å². The second kappa shape index (κ2) is 9.29. The van der Waals surface area contributed by atoms with Crippen molar-refractivity contribution in [2.45, 2.75) is 24.7 Å². The van der Waals surface area contributed by atoms with Gasteiger partial charge in [0.15, 0.2) is 6.23 Å². The molecule has 8 nitrogen and oxygen atoms in total. The lowest BCUT2D eigenvalue weighted by Gasteiger charge is -2.18. The van der Waals surface area contributed by atoms with Crippen LogP contribution in [0.2, 0.25) is 0 Å². The molecule has 0 radical (unpaired) electrons. The first-order valence-corrected chi connectivity index (χ1v) is 10.5. The second-order valence-corrected chi connectivity index (χ2v) is 8.17. The van der Waals surface area contributed by atoms with Crippen LogP contribution in [-0.4, -0.2) is 21.4 Å². The molecular formula is C19H18BrN5O3S. The normalized spacial score (nSPS) is 14.3. The van der Waals surface area contributed by atoms with E-state index in [1.807, 2.05) is 24.3 Å². The number of rotatable bonds is 5. The topological polar surface area (TPSA) is 121 Å². The van der Waals surface area contributed by atoms with Crippen molar-refractivity contribution in [1.29, 1.82) is 0 Å². The van der Waals surface area contributed by atoms with Gasteiger partial charge in [-0.1, -0.05) is 35.0 Å². The van der Waals surface area contributed by atoms with E-state index < -0.39 is 6.23 Å². The molecule has 150 valence electrons. The number of hydrogen-bond acceptors (Lipinski definition) is 8. The number of hydrogen-bond donors (Lipinski definition) is 1. The van der Waals surface area contributed by atoms with Gasteiger partial charge in [0, 0.05) is 27.0 Å². The lowest BCUT2D eigenvalue weighted by Crippen LogP contribution is -2.22. The number of aromatic amines is 1. The maximum absolute atomic E-state index is 11.0. The number of ether oxygens (including phenoxy) is 1. The fraction of sp³-hybridized carbons (Fsp3) is 0.211. The van der Waals surface area contributed by atoms with Crippen LogP contribution in [0.15, 0.2) is 57.3 Å². The van der Waals surface area contributed by atoms with Gasteiger partial charge >= 0.3 is 11.0 Å². The SMILES string of the molecule is CCCSc1nnc2c([nH+]1)OC(c1ccc(Br)cc1)Nc1cc(N=O)ccc1-2.[OH-]. The Hall–Kier alpha value is -2.56. The quantitative estimate of drug-likeness (QED) is 0.409. The van der Waals surface area contributed by atoms with Gasteiger partial charge in [0.05, 0.1) is 5.10 Å². The molecule has 2 heterocycles. The highest BCUT2D eigenvalue weighted by Gasteiger charge is 2.29. The fourth-order valence-electron chi connectivity index (χ4n) is 2.84. The number of halogens is 1. The number of thioether (sulfide) groups is 1. The molecule has 3 N–H and O–H groups in total. The Balaban J connectivity index is 0.00000240. The van der Waals surface area contributed by atoms with Crippen LogP contribution in [0.5, 0.6) is 5.88 Å². The van der Waals surface area contributed by atoms with E-state index in [4.69, 9.17) is 4.74 Å². The molecule has 0 bridgehead atoms. The van der Waals surface area contributed by atoms with Gasteiger partial charge in [-0.05, 0) is 58.8 Å². The predicted molar refractivity (Wildman–Crippen MR) is 114 cm³/mol. The molecule has 0 spiro atoms. The highest BCUT2D eigenvalue weighted by Crippen LogP contribution is 2.40. The van der Waals surface area contributed by atoms with Crippen LogP contribution in [0.3, 0.4) is 0 Å². The van der Waals surface area contributed by atoms with E-state index in [9.17, 15) is 4.91 Å². The van der Waals surface area contributed by atoms with Crippen molar-refractivity contribution >= 4 is 39.1 Å². The standard InChI is InChI=1S/C19H16BrN5O2S.H2O/c1-2-9-28-19-22-18-16(23-24-19)14-8-7-13(25-26)10-15(14)21-17(27-18)11-3-5-12(20)6-4-11;/h3-8,10,17,21H,2,9H2,1H3;1H2. The number of H-pyrrole nitrogens is 1. The Bertz CT molecular complexity index is 1020. The average Bonchev–Trinajstić information content (AvgIpc) is 2.88. The van der Waals surface area contributed by atoms with Crippen molar-refractivity contribution in [3.63, 3.8) is 0 Å². The third kappa shape index (κ3) is 4.55. The minimum atomic E-state index is -0.473. The number of nitroso groups, excluding NO2 is 1. The zero-order valence-electron chi connectivity index (χ0n) is 15.4. The Morgan fingerprint density at radius 3 is 2.76 bits per heavy atom. The highest BCUT2D eigenvalue weighted by atomic mass is 79.9. The Morgan fingerprint density at radius 2 is 2.03 bits per heavy atom. The summed E-state index contributed by atoms with van der Waals surface area (Å²) in [6, 6.07) is 13.0. The molecule has 1 atom stereocenters. The molecule has 0 amide bonds. The molecule has 3 aromatic rings. The van der Waals surface area contributed by atoms with Gasteiger partial charge in [0.2, 0.25) is 5.69 Å². The zero-order valence-corrected chi connectivity index (χ0v) is 17.8. The van der Waals surface area contributed by atoms with E-state index in [1.165, 1.54) is 0 Å². The van der Waals surface area contributed by atoms with Crippen molar-refractivity contribution < 1.29 is 15.2 Å². The van der Waals surface area contributed by atoms with E-state index in [0.717, 1.165) is 27.8 Å². The van der Waals surface area contributed by atoms with Gasteiger partial charge in [-0.15, -0.1) is 4.91 Å². The summed E-state index contributed by atoms with van der Waals surface area (Å²) in [5.74, 6) is 1.46. The first kappa shape index (κ1) is 21.2. The van der Waals surface area contributed by atoms with Crippen molar-refractivity contribution in [2.24, 2.45) is 5.18 Å². The van der Waals surface area contributed by atoms with Crippen LogP contribution in [0.4, 0.5) is 11.4 Å². The molecule has 0 fully saturated rings. The number of fused-ring (bicyclic) bond motifs is 3. The zero-order chi connectivity index (χ0) is 19.5. The fourth-order valence-corrected chi connectivity index (χ4v) is 3.76. The lowest BCUT2D eigenvalue weighted by atomic mass is 10.1. The van der Waals surface area contributed by atoms with Gasteiger partial charge < -0.3 is 15.5 Å². The van der Waals surface area contributed by atoms with E-state index in [0.29, 0.717) is 28.1 Å². The molecule has 0 aliphatic carbocycles. The third-order valence-corrected chi connectivity index (χ3v) is 5.78. The molecule has 1 aromatic heterocycles. The summed E-state index contributed by atoms with van der Waals surface area (Å²) in [6.07, 6.45) is 0.561. The van der Waals surface area contributed by atoms with E-state index >= 15 is 0 Å². The maximum atomic E-state index is 11.0. The number of nitrogens with zero attached hydrogens (tertiary/aromatic N) is 3. The summed E-state index contributed by atoms with van der Waals surface area (Å²) in [6.45, 7) is 2.11. The minimum Gasteiger partial charge on any atom is -0.870 e. The van der Waals surface area contributed by atoms with Crippen LogP contribution < -0.4 is 15.0 Å². The Kier molecular flexibility index (Phi) is 6.78. The summed E-state index contributed by atoms with van der Waals surface area (Å²) >= 11 is 5.05.